The molecule has 0 saturated carbocycles. The number of rotatable bonds is 3. The van der Waals surface area contributed by atoms with Gasteiger partial charge in [0.25, 0.3) is 0 Å². The van der Waals surface area contributed by atoms with Gasteiger partial charge in [-0.1, -0.05) is 37.3 Å². The first-order valence-electron chi connectivity index (χ1n) is 4.79. The van der Waals surface area contributed by atoms with Crippen LogP contribution in [0.3, 0.4) is 0 Å². The Kier molecular flexibility index (Phi) is 2.68. The van der Waals surface area contributed by atoms with E-state index in [1.54, 1.807) is 0 Å². The summed E-state index contributed by atoms with van der Waals surface area (Å²) in [6.07, 6.45) is 2.00. The molecule has 2 aromatic carbocycles. The average molecular weight is 185 g/mol. The molecule has 2 rings (SSSR count). The predicted molar refractivity (Wildman–Crippen MR) is 59.4 cm³/mol. The number of fused-ring (bicyclic) bond motifs is 1. The molecule has 0 atom stereocenters. The molecule has 0 aliphatic carbocycles. The van der Waals surface area contributed by atoms with Crippen LogP contribution >= 0.6 is 0 Å². The lowest BCUT2D eigenvalue weighted by molar-refractivity contribution is 0.350. The zero-order valence-electron chi connectivity index (χ0n) is 8.23. The lowest BCUT2D eigenvalue weighted by atomic mass is 10.1. The van der Waals surface area contributed by atoms with Crippen molar-refractivity contribution in [2.24, 2.45) is 0 Å². The molecule has 71 valence electrons. The molecule has 1 nitrogen and oxygen atoms in total. The molecule has 2 aromatic rings. The van der Waals surface area contributed by atoms with E-state index in [-0.39, 0.29) is 0 Å². The molecule has 14 heavy (non-hydrogen) atoms. The van der Waals surface area contributed by atoms with Gasteiger partial charge in [-0.05, 0) is 29.3 Å². The van der Waals surface area contributed by atoms with E-state index >= 15 is 0 Å². The first kappa shape index (κ1) is 9.07. The van der Waals surface area contributed by atoms with Gasteiger partial charge in [-0.3, -0.25) is 0 Å². The van der Waals surface area contributed by atoms with Crippen molar-refractivity contribution in [2.75, 3.05) is 6.61 Å². The molecule has 1 radical (unpaired) electrons. The summed E-state index contributed by atoms with van der Waals surface area (Å²) < 4.78 is 5.51. The van der Waals surface area contributed by atoms with Crippen molar-refractivity contribution in [3.63, 3.8) is 0 Å². The van der Waals surface area contributed by atoms with Gasteiger partial charge >= 0.3 is 0 Å². The number of hydrogen-bond acceptors (Lipinski definition) is 1. The third kappa shape index (κ3) is 1.87. The van der Waals surface area contributed by atoms with Gasteiger partial charge in [0, 0.05) is 0 Å². The van der Waals surface area contributed by atoms with Crippen LogP contribution in [0, 0.1) is 6.42 Å². The Morgan fingerprint density at radius 2 is 1.86 bits per heavy atom. The van der Waals surface area contributed by atoms with E-state index in [2.05, 4.69) is 24.3 Å². The number of ether oxygens (including phenoxy) is 1. The molecule has 0 N–H and O–H groups in total. The van der Waals surface area contributed by atoms with E-state index in [1.165, 1.54) is 10.8 Å². The van der Waals surface area contributed by atoms with E-state index in [0.29, 0.717) is 6.61 Å². The SMILES string of the molecule is C[CH]COc1ccc2ccccc2c1. The summed E-state index contributed by atoms with van der Waals surface area (Å²) >= 11 is 0. The Bertz CT molecular complexity index is 420. The highest BCUT2D eigenvalue weighted by Gasteiger charge is 1.95. The van der Waals surface area contributed by atoms with Gasteiger partial charge in [0.05, 0.1) is 6.61 Å². The largest absolute Gasteiger partial charge is 0.493 e. The van der Waals surface area contributed by atoms with Gasteiger partial charge in [-0.25, -0.2) is 0 Å². The Morgan fingerprint density at radius 1 is 1.07 bits per heavy atom. The molecule has 0 heterocycles. The summed E-state index contributed by atoms with van der Waals surface area (Å²) in [7, 11) is 0. The van der Waals surface area contributed by atoms with Crippen LogP contribution in [-0.2, 0) is 0 Å². The van der Waals surface area contributed by atoms with Crippen molar-refractivity contribution in [3.05, 3.63) is 48.9 Å². The van der Waals surface area contributed by atoms with E-state index in [0.717, 1.165) is 5.75 Å². The van der Waals surface area contributed by atoms with Crippen molar-refractivity contribution in [1.82, 2.24) is 0 Å². The van der Waals surface area contributed by atoms with Crippen molar-refractivity contribution in [2.45, 2.75) is 6.92 Å². The molecule has 0 fully saturated rings. The Balaban J connectivity index is 2.32. The lowest BCUT2D eigenvalue weighted by Crippen LogP contribution is -1.94. The van der Waals surface area contributed by atoms with Crippen molar-refractivity contribution >= 4 is 10.8 Å². The highest BCUT2D eigenvalue weighted by molar-refractivity contribution is 5.83. The van der Waals surface area contributed by atoms with E-state index in [1.807, 2.05) is 31.5 Å². The first-order valence-corrected chi connectivity index (χ1v) is 4.79. The van der Waals surface area contributed by atoms with Crippen LogP contribution < -0.4 is 4.74 Å². The fourth-order valence-corrected chi connectivity index (χ4v) is 1.44. The second-order valence-electron chi connectivity index (χ2n) is 3.23. The van der Waals surface area contributed by atoms with E-state index in [9.17, 15) is 0 Å². The van der Waals surface area contributed by atoms with Gasteiger partial charge in [0.15, 0.2) is 0 Å². The minimum absolute atomic E-state index is 0.665. The van der Waals surface area contributed by atoms with Crippen LogP contribution in [-0.4, -0.2) is 6.61 Å². The third-order valence-electron chi connectivity index (χ3n) is 2.14. The Hall–Kier alpha value is -1.50. The quantitative estimate of drug-likeness (QED) is 0.711. The van der Waals surface area contributed by atoms with Crippen LogP contribution in [0.4, 0.5) is 0 Å². The normalized spacial score (nSPS) is 10.4. The molecule has 0 aliphatic rings. The van der Waals surface area contributed by atoms with Crippen molar-refractivity contribution in [3.8, 4) is 5.75 Å². The standard InChI is InChI=1S/C13H13O/c1-2-9-14-13-8-7-11-5-3-4-6-12(11)10-13/h2-8,10H,9H2,1H3. The van der Waals surface area contributed by atoms with Crippen LogP contribution in [0.5, 0.6) is 5.75 Å². The lowest BCUT2D eigenvalue weighted by Gasteiger charge is -2.05. The van der Waals surface area contributed by atoms with Crippen LogP contribution in [0.25, 0.3) is 10.8 Å². The highest BCUT2D eigenvalue weighted by atomic mass is 16.5. The summed E-state index contributed by atoms with van der Waals surface area (Å²) in [5, 5.41) is 2.47. The molecule has 0 unspecified atom stereocenters. The van der Waals surface area contributed by atoms with Crippen LogP contribution in [0.2, 0.25) is 0 Å². The zero-order valence-corrected chi connectivity index (χ0v) is 8.23. The van der Waals surface area contributed by atoms with Gasteiger partial charge in [0.2, 0.25) is 0 Å². The molecular weight excluding hydrogens is 172 g/mol. The molecule has 0 spiro atoms. The number of benzene rings is 2. The van der Waals surface area contributed by atoms with Crippen LogP contribution in [0.1, 0.15) is 6.92 Å². The maximum atomic E-state index is 5.51. The monoisotopic (exact) mass is 185 g/mol. The highest BCUT2D eigenvalue weighted by Crippen LogP contribution is 2.20. The molecule has 0 amide bonds. The first-order chi connectivity index (χ1) is 6.90. The second kappa shape index (κ2) is 4.14. The summed E-state index contributed by atoms with van der Waals surface area (Å²) in [5.41, 5.74) is 0. The molecule has 1 heteroatoms. The van der Waals surface area contributed by atoms with Crippen molar-refractivity contribution < 1.29 is 4.74 Å². The summed E-state index contributed by atoms with van der Waals surface area (Å²) in [4.78, 5) is 0. The van der Waals surface area contributed by atoms with E-state index in [4.69, 9.17) is 4.74 Å². The topological polar surface area (TPSA) is 9.23 Å². The Labute approximate surface area is 84.3 Å². The maximum absolute atomic E-state index is 5.51. The fraction of sp³-hybridized carbons (Fsp3) is 0.154. The predicted octanol–water partition coefficient (Wildman–Crippen LogP) is 3.44. The maximum Gasteiger partial charge on any atom is 0.119 e. The molecular formula is C13H13O. The van der Waals surface area contributed by atoms with Gasteiger partial charge in [-0.15, -0.1) is 0 Å². The summed E-state index contributed by atoms with van der Waals surface area (Å²) in [6.45, 7) is 2.65. The fourth-order valence-electron chi connectivity index (χ4n) is 1.44. The van der Waals surface area contributed by atoms with Crippen LogP contribution in [0.15, 0.2) is 42.5 Å². The summed E-state index contributed by atoms with van der Waals surface area (Å²) in [6, 6.07) is 14.4. The van der Waals surface area contributed by atoms with Gasteiger partial charge in [0.1, 0.15) is 5.75 Å². The van der Waals surface area contributed by atoms with Gasteiger partial charge < -0.3 is 4.74 Å². The minimum Gasteiger partial charge on any atom is -0.493 e. The summed E-state index contributed by atoms with van der Waals surface area (Å²) in [5.74, 6) is 0.932. The third-order valence-corrected chi connectivity index (χ3v) is 2.14. The Morgan fingerprint density at radius 3 is 2.64 bits per heavy atom. The molecule has 0 aliphatic heterocycles. The zero-order chi connectivity index (χ0) is 9.80. The number of hydrogen-bond donors (Lipinski definition) is 0. The minimum atomic E-state index is 0.665. The average Bonchev–Trinajstić information content (AvgIpc) is 2.26. The van der Waals surface area contributed by atoms with E-state index < -0.39 is 0 Å². The van der Waals surface area contributed by atoms with Crippen molar-refractivity contribution in [1.29, 1.82) is 0 Å². The molecule has 0 saturated heterocycles. The second-order valence-corrected chi connectivity index (χ2v) is 3.23. The smallest absolute Gasteiger partial charge is 0.119 e. The molecule has 0 bridgehead atoms. The van der Waals surface area contributed by atoms with Gasteiger partial charge in [-0.2, -0.15) is 0 Å². The molecule has 0 aromatic heterocycles.